The zero-order valence-electron chi connectivity index (χ0n) is 15.4. The third-order valence-corrected chi connectivity index (χ3v) is 5.00. The minimum atomic E-state index is -4.36. The summed E-state index contributed by atoms with van der Waals surface area (Å²) in [6.07, 6.45) is -1.92. The van der Waals surface area contributed by atoms with Gasteiger partial charge in [-0.15, -0.1) is 0 Å². The summed E-state index contributed by atoms with van der Waals surface area (Å²) in [4.78, 5) is 9.09. The van der Waals surface area contributed by atoms with E-state index < -0.39 is 11.7 Å². The molecule has 4 rings (SSSR count). The van der Waals surface area contributed by atoms with E-state index in [0.29, 0.717) is 23.5 Å². The highest BCUT2D eigenvalue weighted by Crippen LogP contribution is 2.35. The molecular formula is C21H21F3N4. The van der Waals surface area contributed by atoms with Crippen LogP contribution in [0.3, 0.4) is 0 Å². The quantitative estimate of drug-likeness (QED) is 0.590. The van der Waals surface area contributed by atoms with Gasteiger partial charge in [-0.3, -0.25) is 0 Å². The van der Waals surface area contributed by atoms with Gasteiger partial charge in [-0.05, 0) is 55.5 Å². The van der Waals surface area contributed by atoms with Crippen LogP contribution in [0.15, 0.2) is 48.5 Å². The highest BCUT2D eigenvalue weighted by molar-refractivity contribution is 5.90. The molecule has 2 N–H and O–H groups in total. The largest absolute Gasteiger partial charge is 0.416 e. The van der Waals surface area contributed by atoms with Crippen LogP contribution in [-0.2, 0) is 12.7 Å². The Kier molecular flexibility index (Phi) is 4.83. The van der Waals surface area contributed by atoms with Gasteiger partial charge in [0, 0.05) is 18.0 Å². The fourth-order valence-electron chi connectivity index (χ4n) is 3.23. The first-order valence-corrected chi connectivity index (χ1v) is 9.33. The van der Waals surface area contributed by atoms with E-state index in [9.17, 15) is 13.2 Å². The van der Waals surface area contributed by atoms with Gasteiger partial charge < -0.3 is 10.6 Å². The lowest BCUT2D eigenvalue weighted by molar-refractivity contribution is -0.137. The lowest BCUT2D eigenvalue weighted by Gasteiger charge is -2.16. The fourth-order valence-corrected chi connectivity index (χ4v) is 3.23. The van der Waals surface area contributed by atoms with Gasteiger partial charge in [0.15, 0.2) is 0 Å². The number of anilines is 2. The second kappa shape index (κ2) is 7.30. The molecule has 1 saturated carbocycles. The number of nitrogens with one attached hydrogen (secondary N) is 2. The van der Waals surface area contributed by atoms with Crippen molar-refractivity contribution in [3.05, 3.63) is 59.7 Å². The summed E-state index contributed by atoms with van der Waals surface area (Å²) < 4.78 is 38.7. The average molecular weight is 386 g/mol. The first-order valence-electron chi connectivity index (χ1n) is 9.33. The fraction of sp³-hybridized carbons (Fsp3) is 0.333. The number of para-hydroxylation sites is 1. The molecule has 1 fully saturated rings. The highest BCUT2D eigenvalue weighted by atomic mass is 19.4. The molecule has 0 bridgehead atoms. The SMILES string of the molecule is CC(Nc1nc(NCc2cccc(C(F)(F)F)c2)nc2ccccc12)C1CC1. The topological polar surface area (TPSA) is 49.8 Å². The second-order valence-corrected chi connectivity index (χ2v) is 7.24. The third kappa shape index (κ3) is 4.18. The van der Waals surface area contributed by atoms with E-state index in [1.165, 1.54) is 18.9 Å². The van der Waals surface area contributed by atoms with Crippen LogP contribution in [0.2, 0.25) is 0 Å². The Balaban J connectivity index is 1.57. The molecule has 0 saturated heterocycles. The molecule has 1 aliphatic rings. The number of alkyl halides is 3. The summed E-state index contributed by atoms with van der Waals surface area (Å²) in [6.45, 7) is 2.35. The summed E-state index contributed by atoms with van der Waals surface area (Å²) >= 11 is 0. The number of rotatable bonds is 6. The molecule has 2 aromatic carbocycles. The number of nitrogens with zero attached hydrogens (tertiary/aromatic N) is 2. The monoisotopic (exact) mass is 386 g/mol. The van der Waals surface area contributed by atoms with Crippen LogP contribution in [-0.4, -0.2) is 16.0 Å². The van der Waals surface area contributed by atoms with Crippen LogP contribution in [0.4, 0.5) is 24.9 Å². The van der Waals surface area contributed by atoms with Crippen LogP contribution in [0.25, 0.3) is 10.9 Å². The molecule has 1 aliphatic carbocycles. The number of fused-ring (bicyclic) bond motifs is 1. The maximum atomic E-state index is 12.9. The predicted molar refractivity (Wildman–Crippen MR) is 104 cm³/mol. The minimum absolute atomic E-state index is 0.208. The van der Waals surface area contributed by atoms with Crippen LogP contribution < -0.4 is 10.6 Å². The van der Waals surface area contributed by atoms with Crippen molar-refractivity contribution in [3.8, 4) is 0 Å². The Morgan fingerprint density at radius 2 is 1.86 bits per heavy atom. The van der Waals surface area contributed by atoms with Gasteiger partial charge in [-0.1, -0.05) is 24.3 Å². The average Bonchev–Trinajstić information content (AvgIpc) is 3.51. The Labute approximate surface area is 161 Å². The molecule has 1 unspecified atom stereocenters. The van der Waals surface area contributed by atoms with E-state index in [1.807, 2.05) is 24.3 Å². The molecule has 4 nitrogen and oxygen atoms in total. The number of aromatic nitrogens is 2. The summed E-state index contributed by atoms with van der Waals surface area (Å²) in [7, 11) is 0. The Hall–Kier alpha value is -2.83. The molecule has 1 aromatic heterocycles. The maximum Gasteiger partial charge on any atom is 0.416 e. The molecule has 0 amide bonds. The van der Waals surface area contributed by atoms with Crippen LogP contribution in [0.5, 0.6) is 0 Å². The molecule has 7 heteroatoms. The summed E-state index contributed by atoms with van der Waals surface area (Å²) in [5.74, 6) is 1.80. The zero-order valence-corrected chi connectivity index (χ0v) is 15.4. The first-order chi connectivity index (χ1) is 13.4. The smallest absolute Gasteiger partial charge is 0.367 e. The van der Waals surface area contributed by atoms with Gasteiger partial charge in [0.2, 0.25) is 5.95 Å². The van der Waals surface area contributed by atoms with Crippen molar-refractivity contribution in [2.75, 3.05) is 10.6 Å². The molecule has 1 heterocycles. The van der Waals surface area contributed by atoms with Gasteiger partial charge in [-0.2, -0.15) is 18.2 Å². The molecule has 0 spiro atoms. The molecular weight excluding hydrogens is 365 g/mol. The Morgan fingerprint density at radius 1 is 1.07 bits per heavy atom. The molecule has 1 atom stereocenters. The van der Waals surface area contributed by atoms with Crippen molar-refractivity contribution < 1.29 is 13.2 Å². The van der Waals surface area contributed by atoms with Crippen molar-refractivity contribution in [1.29, 1.82) is 0 Å². The van der Waals surface area contributed by atoms with E-state index in [1.54, 1.807) is 6.07 Å². The van der Waals surface area contributed by atoms with E-state index >= 15 is 0 Å². The zero-order chi connectivity index (χ0) is 19.7. The van der Waals surface area contributed by atoms with Crippen molar-refractivity contribution in [2.24, 2.45) is 5.92 Å². The van der Waals surface area contributed by atoms with Crippen molar-refractivity contribution >= 4 is 22.7 Å². The third-order valence-electron chi connectivity index (χ3n) is 5.00. The molecule has 3 aromatic rings. The van der Waals surface area contributed by atoms with Crippen molar-refractivity contribution in [1.82, 2.24) is 9.97 Å². The van der Waals surface area contributed by atoms with E-state index in [0.717, 1.165) is 28.9 Å². The molecule has 0 aliphatic heterocycles. The van der Waals surface area contributed by atoms with Crippen LogP contribution in [0.1, 0.15) is 30.9 Å². The number of benzene rings is 2. The first kappa shape index (κ1) is 18.5. The van der Waals surface area contributed by atoms with E-state index in [4.69, 9.17) is 0 Å². The van der Waals surface area contributed by atoms with Crippen LogP contribution >= 0.6 is 0 Å². The van der Waals surface area contributed by atoms with E-state index in [-0.39, 0.29) is 6.54 Å². The van der Waals surface area contributed by atoms with Gasteiger partial charge in [0.05, 0.1) is 11.1 Å². The number of halogens is 3. The summed E-state index contributed by atoms with van der Waals surface area (Å²) in [5, 5.41) is 7.47. The van der Waals surface area contributed by atoms with Crippen molar-refractivity contribution in [3.63, 3.8) is 0 Å². The van der Waals surface area contributed by atoms with Gasteiger partial charge in [-0.25, -0.2) is 4.98 Å². The van der Waals surface area contributed by atoms with Gasteiger partial charge in [0.1, 0.15) is 5.82 Å². The Bertz CT molecular complexity index is 983. The lowest BCUT2D eigenvalue weighted by Crippen LogP contribution is -2.19. The number of hydrogen-bond donors (Lipinski definition) is 2. The maximum absolute atomic E-state index is 12.9. The minimum Gasteiger partial charge on any atom is -0.367 e. The van der Waals surface area contributed by atoms with Gasteiger partial charge in [0.25, 0.3) is 0 Å². The highest BCUT2D eigenvalue weighted by Gasteiger charge is 2.30. The van der Waals surface area contributed by atoms with Gasteiger partial charge >= 0.3 is 6.18 Å². The second-order valence-electron chi connectivity index (χ2n) is 7.24. The standard InChI is InChI=1S/C21H21F3N4/c1-13(15-9-10-15)26-19-17-7-2-3-8-18(17)27-20(28-19)25-12-14-5-4-6-16(11-14)21(22,23)24/h2-8,11,13,15H,9-10,12H2,1H3,(H2,25,26,27,28). The number of hydrogen-bond acceptors (Lipinski definition) is 4. The van der Waals surface area contributed by atoms with E-state index in [2.05, 4.69) is 27.5 Å². The molecule has 146 valence electrons. The lowest BCUT2D eigenvalue weighted by atomic mass is 10.1. The predicted octanol–water partition coefficient (Wildman–Crippen LogP) is 5.47. The molecule has 0 radical (unpaired) electrons. The van der Waals surface area contributed by atoms with Crippen molar-refractivity contribution in [2.45, 2.75) is 38.5 Å². The molecule has 28 heavy (non-hydrogen) atoms. The Morgan fingerprint density at radius 3 is 2.61 bits per heavy atom. The van der Waals surface area contributed by atoms with Crippen LogP contribution in [0, 0.1) is 5.92 Å². The summed E-state index contributed by atoms with van der Waals surface area (Å²) in [5.41, 5.74) is 0.647. The normalized spacial score (nSPS) is 15.4. The summed E-state index contributed by atoms with van der Waals surface area (Å²) in [6, 6.07) is 13.3.